The van der Waals surface area contributed by atoms with Crippen molar-refractivity contribution in [1.82, 2.24) is 5.32 Å². The number of halogens is 2. The van der Waals surface area contributed by atoms with Gasteiger partial charge in [0.25, 0.3) is 5.91 Å². The van der Waals surface area contributed by atoms with Crippen LogP contribution >= 0.6 is 27.5 Å². The van der Waals surface area contributed by atoms with Crippen LogP contribution in [0.25, 0.3) is 0 Å². The van der Waals surface area contributed by atoms with Crippen LogP contribution in [0.1, 0.15) is 33.1 Å². The van der Waals surface area contributed by atoms with Crippen LogP contribution < -0.4 is 10.2 Å². The molecular formula is C15H18BrClN2O2. The van der Waals surface area contributed by atoms with E-state index in [-0.39, 0.29) is 18.2 Å². The van der Waals surface area contributed by atoms with Crippen molar-refractivity contribution in [2.75, 3.05) is 11.4 Å². The molecule has 21 heavy (non-hydrogen) atoms. The van der Waals surface area contributed by atoms with E-state index in [1.165, 1.54) is 0 Å². The average molecular weight is 374 g/mol. The highest BCUT2D eigenvalue weighted by Gasteiger charge is 2.42. The first-order valence-corrected chi connectivity index (χ1v) is 8.18. The second-order valence-corrected chi connectivity index (χ2v) is 6.43. The molecule has 0 saturated carbocycles. The van der Waals surface area contributed by atoms with Crippen LogP contribution in [-0.2, 0) is 9.59 Å². The zero-order valence-corrected chi connectivity index (χ0v) is 14.4. The summed E-state index contributed by atoms with van der Waals surface area (Å²) in [5.41, 5.74) is -0.134. The maximum atomic E-state index is 13.0. The Bertz CT molecular complexity index is 573. The third-order valence-corrected chi connectivity index (χ3v) is 4.91. The van der Waals surface area contributed by atoms with Gasteiger partial charge in [0.15, 0.2) is 0 Å². The lowest BCUT2D eigenvalue weighted by Crippen LogP contribution is -2.56. The first kappa shape index (κ1) is 16.3. The number of hydrogen-bond donors (Lipinski definition) is 1. The quantitative estimate of drug-likeness (QED) is 0.881. The molecule has 0 radical (unpaired) electrons. The Kier molecular flexibility index (Phi) is 4.94. The van der Waals surface area contributed by atoms with Gasteiger partial charge in [0.1, 0.15) is 5.54 Å². The molecule has 1 aromatic rings. The molecule has 0 unspecified atom stereocenters. The summed E-state index contributed by atoms with van der Waals surface area (Å²) in [5.74, 6) is -0.172. The van der Waals surface area contributed by atoms with Crippen molar-refractivity contribution in [2.24, 2.45) is 0 Å². The van der Waals surface area contributed by atoms with Gasteiger partial charge in [0, 0.05) is 22.5 Å². The summed E-state index contributed by atoms with van der Waals surface area (Å²) in [6.07, 6.45) is 1.40. The molecule has 1 fully saturated rings. The van der Waals surface area contributed by atoms with Crippen LogP contribution in [0, 0.1) is 0 Å². The minimum Gasteiger partial charge on any atom is -0.342 e. The van der Waals surface area contributed by atoms with Crippen molar-refractivity contribution >= 4 is 45.0 Å². The van der Waals surface area contributed by atoms with E-state index in [1.54, 1.807) is 17.0 Å². The predicted molar refractivity (Wildman–Crippen MR) is 87.6 cm³/mol. The first-order chi connectivity index (χ1) is 9.93. The lowest BCUT2D eigenvalue weighted by molar-refractivity contribution is -0.130. The Morgan fingerprint density at radius 1 is 1.33 bits per heavy atom. The Labute approximate surface area is 138 Å². The number of benzene rings is 1. The van der Waals surface area contributed by atoms with Crippen molar-refractivity contribution < 1.29 is 9.59 Å². The van der Waals surface area contributed by atoms with Crippen LogP contribution in [0.15, 0.2) is 22.7 Å². The summed E-state index contributed by atoms with van der Waals surface area (Å²) < 4.78 is 0.788. The molecule has 4 nitrogen and oxygen atoms in total. The normalized spacial score (nSPS) is 18.4. The number of anilines is 1. The molecule has 0 atom stereocenters. The lowest BCUT2D eigenvalue weighted by atomic mass is 9.91. The van der Waals surface area contributed by atoms with E-state index < -0.39 is 5.54 Å². The van der Waals surface area contributed by atoms with Crippen molar-refractivity contribution in [2.45, 2.75) is 38.6 Å². The summed E-state index contributed by atoms with van der Waals surface area (Å²) in [4.78, 5) is 26.6. The van der Waals surface area contributed by atoms with E-state index >= 15 is 0 Å². The Morgan fingerprint density at radius 2 is 2.00 bits per heavy atom. The third-order valence-electron chi connectivity index (χ3n) is 4.00. The van der Waals surface area contributed by atoms with Gasteiger partial charge in [0.05, 0.1) is 5.69 Å². The number of rotatable bonds is 3. The van der Waals surface area contributed by atoms with Crippen LogP contribution in [0.2, 0.25) is 5.02 Å². The molecule has 1 aliphatic rings. The molecule has 1 saturated heterocycles. The highest BCUT2D eigenvalue weighted by molar-refractivity contribution is 9.10. The third kappa shape index (κ3) is 3.09. The SMILES string of the molecule is CCC1(CC)NC(=O)CCN(c2cc(Cl)ccc2Br)C1=O. The zero-order chi connectivity index (χ0) is 15.6. The van der Waals surface area contributed by atoms with Crippen LogP contribution in [0.5, 0.6) is 0 Å². The summed E-state index contributed by atoms with van der Waals surface area (Å²) in [6, 6.07) is 5.31. The van der Waals surface area contributed by atoms with E-state index in [0.29, 0.717) is 30.1 Å². The number of amides is 2. The van der Waals surface area contributed by atoms with Crippen molar-refractivity contribution in [3.05, 3.63) is 27.7 Å². The molecule has 0 aromatic heterocycles. The maximum absolute atomic E-state index is 13.0. The van der Waals surface area contributed by atoms with Gasteiger partial charge in [-0.25, -0.2) is 0 Å². The molecule has 2 rings (SSSR count). The summed E-state index contributed by atoms with van der Waals surface area (Å²) in [6.45, 7) is 4.18. The minimum absolute atomic E-state index is 0.0821. The second-order valence-electron chi connectivity index (χ2n) is 5.14. The predicted octanol–water partition coefficient (Wildman–Crippen LogP) is 3.51. The standard InChI is InChI=1S/C15H18BrClN2O2/c1-3-15(4-2)14(21)19(8-7-13(20)18-15)12-9-10(17)5-6-11(12)16/h5-6,9H,3-4,7-8H2,1-2H3,(H,18,20). The molecule has 0 bridgehead atoms. The molecule has 1 aliphatic heterocycles. The fraction of sp³-hybridized carbons (Fsp3) is 0.467. The topological polar surface area (TPSA) is 49.4 Å². The summed E-state index contributed by atoms with van der Waals surface area (Å²) in [5, 5.41) is 3.46. The Hall–Kier alpha value is -1.07. The monoisotopic (exact) mass is 372 g/mol. The van der Waals surface area contributed by atoms with Gasteiger partial charge in [-0.3, -0.25) is 9.59 Å². The fourth-order valence-corrected chi connectivity index (χ4v) is 3.23. The van der Waals surface area contributed by atoms with Gasteiger partial charge in [-0.1, -0.05) is 25.4 Å². The molecule has 6 heteroatoms. The van der Waals surface area contributed by atoms with Gasteiger partial charge in [-0.2, -0.15) is 0 Å². The number of carbonyl (C=O) groups is 2. The number of nitrogens with zero attached hydrogens (tertiary/aromatic N) is 1. The molecule has 1 heterocycles. The molecule has 0 spiro atoms. The second kappa shape index (κ2) is 6.36. The van der Waals surface area contributed by atoms with E-state index in [2.05, 4.69) is 21.2 Å². The number of nitrogens with one attached hydrogen (secondary N) is 1. The molecule has 1 N–H and O–H groups in total. The Morgan fingerprint density at radius 3 is 2.62 bits per heavy atom. The van der Waals surface area contributed by atoms with E-state index in [9.17, 15) is 9.59 Å². The first-order valence-electron chi connectivity index (χ1n) is 7.01. The van der Waals surface area contributed by atoms with Gasteiger partial charge < -0.3 is 10.2 Å². The van der Waals surface area contributed by atoms with Crippen LogP contribution in [-0.4, -0.2) is 23.9 Å². The molecule has 1 aromatic carbocycles. The van der Waals surface area contributed by atoms with Crippen LogP contribution in [0.3, 0.4) is 0 Å². The van der Waals surface area contributed by atoms with Gasteiger partial charge in [0.2, 0.25) is 5.91 Å². The molecule has 2 amide bonds. The smallest absolute Gasteiger partial charge is 0.252 e. The van der Waals surface area contributed by atoms with Crippen molar-refractivity contribution in [1.29, 1.82) is 0 Å². The Balaban J connectivity index is 2.49. The van der Waals surface area contributed by atoms with Gasteiger partial charge in [-0.15, -0.1) is 0 Å². The molecular weight excluding hydrogens is 356 g/mol. The van der Waals surface area contributed by atoms with Gasteiger partial charge >= 0.3 is 0 Å². The van der Waals surface area contributed by atoms with E-state index in [1.807, 2.05) is 19.9 Å². The highest BCUT2D eigenvalue weighted by atomic mass is 79.9. The number of carbonyl (C=O) groups excluding carboxylic acids is 2. The van der Waals surface area contributed by atoms with Crippen molar-refractivity contribution in [3.8, 4) is 0 Å². The summed E-state index contributed by atoms with van der Waals surface area (Å²) in [7, 11) is 0. The van der Waals surface area contributed by atoms with Gasteiger partial charge in [-0.05, 0) is 47.0 Å². The van der Waals surface area contributed by atoms with E-state index in [4.69, 9.17) is 11.6 Å². The zero-order valence-electron chi connectivity index (χ0n) is 12.1. The number of hydrogen-bond acceptors (Lipinski definition) is 2. The average Bonchev–Trinajstić information content (AvgIpc) is 2.59. The minimum atomic E-state index is -0.838. The lowest BCUT2D eigenvalue weighted by Gasteiger charge is -2.34. The fourth-order valence-electron chi connectivity index (χ4n) is 2.61. The molecule has 0 aliphatic carbocycles. The largest absolute Gasteiger partial charge is 0.342 e. The summed E-state index contributed by atoms with van der Waals surface area (Å²) >= 11 is 9.51. The molecule has 114 valence electrons. The van der Waals surface area contributed by atoms with E-state index in [0.717, 1.165) is 4.47 Å². The highest BCUT2D eigenvalue weighted by Crippen LogP contribution is 2.33. The maximum Gasteiger partial charge on any atom is 0.252 e. The van der Waals surface area contributed by atoms with Crippen molar-refractivity contribution in [3.63, 3.8) is 0 Å². The van der Waals surface area contributed by atoms with Crippen LogP contribution in [0.4, 0.5) is 5.69 Å².